The maximum absolute atomic E-state index is 10.8. The number of carboxylic acids is 1. The number of nitrogens with zero attached hydrogens (tertiary/aromatic N) is 3. The molecule has 0 aliphatic heterocycles. The molecule has 5 nitrogen and oxygen atoms in total. The summed E-state index contributed by atoms with van der Waals surface area (Å²) in [4.78, 5) is 19.7. The zero-order valence-electron chi connectivity index (χ0n) is 12.3. The van der Waals surface area contributed by atoms with E-state index >= 15 is 0 Å². The van der Waals surface area contributed by atoms with Gasteiger partial charge in [-0.05, 0) is 33.8 Å². The van der Waals surface area contributed by atoms with Gasteiger partial charge in [-0.2, -0.15) is 0 Å². The van der Waals surface area contributed by atoms with Gasteiger partial charge in [-0.15, -0.1) is 0 Å². The summed E-state index contributed by atoms with van der Waals surface area (Å²) < 4.78 is 2.88. The number of aryl methyl sites for hydroxylation is 1. The summed E-state index contributed by atoms with van der Waals surface area (Å²) in [6.07, 6.45) is 2.71. The lowest BCUT2D eigenvalue weighted by molar-refractivity contribution is -0.133. The average molecular weight is 372 g/mol. The van der Waals surface area contributed by atoms with Crippen LogP contribution in [0.25, 0.3) is 11.2 Å². The number of thioether (sulfide) groups is 1. The van der Waals surface area contributed by atoms with Crippen LogP contribution in [0.5, 0.6) is 0 Å². The Labute approximate surface area is 136 Å². The van der Waals surface area contributed by atoms with Gasteiger partial charge in [0.1, 0.15) is 5.52 Å². The molecule has 2 aromatic rings. The highest BCUT2D eigenvalue weighted by Gasteiger charge is 2.17. The molecule has 7 heteroatoms. The van der Waals surface area contributed by atoms with Crippen molar-refractivity contribution in [1.29, 1.82) is 0 Å². The maximum Gasteiger partial charge on any atom is 0.313 e. The first kappa shape index (κ1) is 16.3. The molecule has 0 spiro atoms. The van der Waals surface area contributed by atoms with Crippen molar-refractivity contribution in [3.8, 4) is 0 Å². The van der Waals surface area contributed by atoms with E-state index in [1.165, 1.54) is 11.8 Å². The molecular weight excluding hydrogens is 354 g/mol. The van der Waals surface area contributed by atoms with Crippen LogP contribution in [0.2, 0.25) is 0 Å². The van der Waals surface area contributed by atoms with Gasteiger partial charge in [0.25, 0.3) is 0 Å². The van der Waals surface area contributed by atoms with Crippen molar-refractivity contribution in [2.75, 3.05) is 5.75 Å². The third-order valence-corrected chi connectivity index (χ3v) is 4.32. The molecule has 0 fully saturated rings. The van der Waals surface area contributed by atoms with Crippen LogP contribution in [0.1, 0.15) is 27.2 Å². The first-order valence-electron chi connectivity index (χ1n) is 6.63. The number of rotatable bonds is 5. The first-order chi connectivity index (χ1) is 9.76. The van der Waals surface area contributed by atoms with Crippen molar-refractivity contribution >= 4 is 44.8 Å². The minimum absolute atomic E-state index is 0.00000933. The number of hydrogen-bond donors (Lipinski definition) is 1. The zero-order chi connectivity index (χ0) is 15.6. The SMILES string of the molecule is CC(C)(C)CCn1c(SCC(=O)O)nc2cc(Br)cnc21. The molecular formula is C14H18BrN3O2S. The Morgan fingerprint density at radius 1 is 1.48 bits per heavy atom. The van der Waals surface area contributed by atoms with Crippen molar-refractivity contribution in [3.63, 3.8) is 0 Å². The Morgan fingerprint density at radius 3 is 2.81 bits per heavy atom. The molecule has 0 bridgehead atoms. The van der Waals surface area contributed by atoms with Crippen molar-refractivity contribution in [3.05, 3.63) is 16.7 Å². The summed E-state index contributed by atoms with van der Waals surface area (Å²) in [5, 5.41) is 9.57. The number of imidazole rings is 1. The minimum Gasteiger partial charge on any atom is -0.481 e. The van der Waals surface area contributed by atoms with Gasteiger partial charge in [-0.1, -0.05) is 32.5 Å². The molecule has 114 valence electrons. The van der Waals surface area contributed by atoms with Crippen LogP contribution >= 0.6 is 27.7 Å². The van der Waals surface area contributed by atoms with E-state index in [4.69, 9.17) is 5.11 Å². The smallest absolute Gasteiger partial charge is 0.313 e. The van der Waals surface area contributed by atoms with Crippen LogP contribution in [-0.2, 0) is 11.3 Å². The van der Waals surface area contributed by atoms with Crippen LogP contribution in [0.4, 0.5) is 0 Å². The van der Waals surface area contributed by atoms with E-state index in [0.717, 1.165) is 28.6 Å². The van der Waals surface area contributed by atoms with E-state index in [9.17, 15) is 4.79 Å². The largest absolute Gasteiger partial charge is 0.481 e. The van der Waals surface area contributed by atoms with Gasteiger partial charge in [0.15, 0.2) is 10.8 Å². The Kier molecular flexibility index (Phi) is 4.93. The standard InChI is InChI=1S/C14H18BrN3O2S/c1-14(2,3)4-5-18-12-10(6-9(15)7-16-12)17-13(18)21-8-11(19)20/h6-7H,4-5,8H2,1-3H3,(H,19,20). The maximum atomic E-state index is 10.8. The summed E-state index contributed by atoms with van der Waals surface area (Å²) in [5.41, 5.74) is 1.78. The number of pyridine rings is 1. The van der Waals surface area contributed by atoms with Crippen LogP contribution in [0, 0.1) is 5.41 Å². The van der Waals surface area contributed by atoms with E-state index in [0.29, 0.717) is 5.16 Å². The van der Waals surface area contributed by atoms with E-state index in [1.54, 1.807) is 6.20 Å². The number of aromatic nitrogens is 3. The summed E-state index contributed by atoms with van der Waals surface area (Å²) >= 11 is 4.62. The second-order valence-corrected chi connectivity index (χ2v) is 7.89. The van der Waals surface area contributed by atoms with E-state index in [1.807, 2.05) is 10.6 Å². The topological polar surface area (TPSA) is 68.0 Å². The van der Waals surface area contributed by atoms with Crippen LogP contribution < -0.4 is 0 Å². The Balaban J connectivity index is 2.36. The van der Waals surface area contributed by atoms with Gasteiger partial charge in [-0.25, -0.2) is 9.97 Å². The molecule has 21 heavy (non-hydrogen) atoms. The summed E-state index contributed by atoms with van der Waals surface area (Å²) in [6.45, 7) is 7.32. The molecule has 0 saturated heterocycles. The number of carbonyl (C=O) groups is 1. The molecule has 0 aromatic carbocycles. The molecule has 2 aromatic heterocycles. The molecule has 0 radical (unpaired) electrons. The highest BCUT2D eigenvalue weighted by molar-refractivity contribution is 9.10. The third-order valence-electron chi connectivity index (χ3n) is 2.93. The lowest BCUT2D eigenvalue weighted by atomic mass is 9.92. The van der Waals surface area contributed by atoms with E-state index < -0.39 is 5.97 Å². The Hall–Kier alpha value is -1.08. The molecule has 0 aliphatic carbocycles. The third kappa shape index (κ3) is 4.44. The second-order valence-electron chi connectivity index (χ2n) is 6.04. The summed E-state index contributed by atoms with van der Waals surface area (Å²) in [7, 11) is 0. The molecule has 2 rings (SSSR count). The number of fused-ring (bicyclic) bond motifs is 1. The molecule has 0 amide bonds. The molecule has 0 saturated carbocycles. The van der Waals surface area contributed by atoms with Crippen molar-refractivity contribution < 1.29 is 9.90 Å². The summed E-state index contributed by atoms with van der Waals surface area (Å²) in [5.74, 6) is -0.844. The minimum atomic E-state index is -0.844. The van der Waals surface area contributed by atoms with Gasteiger partial charge < -0.3 is 9.67 Å². The lowest BCUT2D eigenvalue weighted by Gasteiger charge is -2.19. The monoisotopic (exact) mass is 371 g/mol. The summed E-state index contributed by atoms with van der Waals surface area (Å²) in [6, 6.07) is 1.90. The van der Waals surface area contributed by atoms with Gasteiger partial charge in [-0.3, -0.25) is 4.79 Å². The Bertz CT molecular complexity index is 664. The number of hydrogen-bond acceptors (Lipinski definition) is 4. The molecule has 2 heterocycles. The van der Waals surface area contributed by atoms with Crippen LogP contribution in [0.3, 0.4) is 0 Å². The van der Waals surface area contributed by atoms with Gasteiger partial charge in [0.05, 0.1) is 5.75 Å². The van der Waals surface area contributed by atoms with Gasteiger partial charge in [0, 0.05) is 17.2 Å². The molecule has 0 aliphatic rings. The quantitative estimate of drug-likeness (QED) is 0.809. The predicted molar refractivity (Wildman–Crippen MR) is 87.7 cm³/mol. The normalized spacial score (nSPS) is 12.0. The number of halogens is 1. The van der Waals surface area contributed by atoms with Crippen molar-refractivity contribution in [2.45, 2.75) is 38.9 Å². The van der Waals surface area contributed by atoms with Crippen LogP contribution in [-0.4, -0.2) is 31.4 Å². The van der Waals surface area contributed by atoms with Crippen molar-refractivity contribution in [2.24, 2.45) is 5.41 Å². The fraction of sp³-hybridized carbons (Fsp3) is 0.500. The average Bonchev–Trinajstić information content (AvgIpc) is 2.69. The number of aliphatic carboxylic acids is 1. The second kappa shape index (κ2) is 6.36. The first-order valence-corrected chi connectivity index (χ1v) is 8.40. The fourth-order valence-electron chi connectivity index (χ4n) is 1.85. The van der Waals surface area contributed by atoms with E-state index in [-0.39, 0.29) is 11.2 Å². The van der Waals surface area contributed by atoms with Gasteiger partial charge >= 0.3 is 5.97 Å². The number of carboxylic acid groups (broad SMARTS) is 1. The van der Waals surface area contributed by atoms with Crippen LogP contribution in [0.15, 0.2) is 21.9 Å². The highest BCUT2D eigenvalue weighted by atomic mass is 79.9. The van der Waals surface area contributed by atoms with E-state index in [2.05, 4.69) is 46.7 Å². The molecule has 0 unspecified atom stereocenters. The molecule has 1 N–H and O–H groups in total. The highest BCUT2D eigenvalue weighted by Crippen LogP contribution is 2.27. The zero-order valence-corrected chi connectivity index (χ0v) is 14.7. The lowest BCUT2D eigenvalue weighted by Crippen LogP contribution is -2.12. The Morgan fingerprint density at radius 2 is 2.19 bits per heavy atom. The fourth-order valence-corrected chi connectivity index (χ4v) is 2.92. The van der Waals surface area contributed by atoms with Crippen molar-refractivity contribution in [1.82, 2.24) is 14.5 Å². The van der Waals surface area contributed by atoms with Gasteiger partial charge in [0.2, 0.25) is 0 Å². The molecule has 0 atom stereocenters. The predicted octanol–water partition coefficient (Wildman–Crippen LogP) is 3.81.